The lowest BCUT2D eigenvalue weighted by Gasteiger charge is -2.41. The molecule has 2 heteroatoms. The second-order valence-corrected chi connectivity index (χ2v) is 4.37. The van der Waals surface area contributed by atoms with Crippen LogP contribution in [0.4, 0.5) is 0 Å². The first-order chi connectivity index (χ1) is 5.41. The van der Waals surface area contributed by atoms with E-state index in [0.717, 1.165) is 19.6 Å². The lowest BCUT2D eigenvalue weighted by Crippen LogP contribution is -2.55. The van der Waals surface area contributed by atoms with E-state index in [1.807, 2.05) is 0 Å². The number of nitrogens with one attached hydrogen (secondary N) is 1. The summed E-state index contributed by atoms with van der Waals surface area (Å²) in [5.41, 5.74) is 0.259. The number of hydrogen-bond acceptors (Lipinski definition) is 2. The van der Waals surface area contributed by atoms with Crippen molar-refractivity contribution in [3.8, 4) is 0 Å². The second-order valence-electron chi connectivity index (χ2n) is 4.37. The van der Waals surface area contributed by atoms with Gasteiger partial charge in [0.1, 0.15) is 1.41 Å². The third kappa shape index (κ3) is 2.46. The Hall–Kier alpha value is -0.0800. The predicted molar refractivity (Wildman–Crippen MR) is 48.8 cm³/mol. The summed E-state index contributed by atoms with van der Waals surface area (Å²) in [7, 11) is 0. The summed E-state index contributed by atoms with van der Waals surface area (Å²) >= 11 is 0. The molecule has 1 N–H and O–H groups in total. The molecule has 0 spiro atoms. The lowest BCUT2D eigenvalue weighted by molar-refractivity contribution is 0.0998. The average Bonchev–Trinajstić information content (AvgIpc) is 1.92. The van der Waals surface area contributed by atoms with Crippen molar-refractivity contribution in [3.63, 3.8) is 0 Å². The molecule has 0 unspecified atom stereocenters. The number of piperazine rings is 1. The van der Waals surface area contributed by atoms with Gasteiger partial charge in [0.05, 0.1) is 0 Å². The van der Waals surface area contributed by atoms with Gasteiger partial charge in [0, 0.05) is 31.2 Å². The fourth-order valence-corrected chi connectivity index (χ4v) is 1.48. The summed E-state index contributed by atoms with van der Waals surface area (Å²) in [6.45, 7) is 11.7. The molecule has 1 saturated heterocycles. The van der Waals surface area contributed by atoms with Crippen molar-refractivity contribution >= 4 is 0 Å². The summed E-state index contributed by atoms with van der Waals surface area (Å²) in [6.07, 6.45) is 0. The molecule has 1 heterocycles. The Morgan fingerprint density at radius 1 is 1.55 bits per heavy atom. The van der Waals surface area contributed by atoms with E-state index < -0.39 is 0 Å². The van der Waals surface area contributed by atoms with E-state index in [0.29, 0.717) is 6.04 Å². The van der Waals surface area contributed by atoms with Crippen LogP contribution in [0.2, 0.25) is 1.41 Å². The van der Waals surface area contributed by atoms with Gasteiger partial charge in [-0.1, -0.05) is 0 Å². The first-order valence-corrected chi connectivity index (χ1v) is 4.42. The first-order valence-electron chi connectivity index (χ1n) is 4.86. The van der Waals surface area contributed by atoms with Crippen LogP contribution in [-0.4, -0.2) is 36.1 Å². The minimum Gasteiger partial charge on any atom is -0.312 e. The van der Waals surface area contributed by atoms with Crippen molar-refractivity contribution in [1.29, 1.82) is 0 Å². The van der Waals surface area contributed by atoms with Crippen LogP contribution in [0, 0.1) is 0 Å². The molecule has 1 aliphatic heterocycles. The van der Waals surface area contributed by atoms with Crippen LogP contribution in [0.25, 0.3) is 0 Å². The van der Waals surface area contributed by atoms with Crippen LogP contribution in [0.3, 0.4) is 0 Å². The molecule has 2 nitrogen and oxygen atoms in total. The molecule has 0 radical (unpaired) electrons. The summed E-state index contributed by atoms with van der Waals surface area (Å²) in [4.78, 5) is 2.45. The minimum absolute atomic E-state index is 0.259. The highest BCUT2D eigenvalue weighted by Gasteiger charge is 2.25. The molecule has 1 atom stereocenters. The minimum atomic E-state index is 0.259. The summed E-state index contributed by atoms with van der Waals surface area (Å²) < 4.78 is 7.58. The molecule has 0 aromatic rings. The van der Waals surface area contributed by atoms with Gasteiger partial charge >= 0.3 is 0 Å². The van der Waals surface area contributed by atoms with E-state index in [2.05, 4.69) is 32.6 Å². The van der Waals surface area contributed by atoms with Crippen LogP contribution >= 0.6 is 0 Å². The van der Waals surface area contributed by atoms with Crippen LogP contribution in [0.5, 0.6) is 0 Å². The first kappa shape index (κ1) is 7.56. The van der Waals surface area contributed by atoms with Crippen molar-refractivity contribution in [2.24, 2.45) is 0 Å². The summed E-state index contributed by atoms with van der Waals surface area (Å²) in [5, 5.41) is 1.68. The van der Waals surface area contributed by atoms with Crippen molar-refractivity contribution in [2.45, 2.75) is 39.3 Å². The van der Waals surface area contributed by atoms with Crippen molar-refractivity contribution < 1.29 is 1.41 Å². The largest absolute Gasteiger partial charge is 0.312 e. The van der Waals surface area contributed by atoms with Crippen molar-refractivity contribution in [2.75, 3.05) is 19.6 Å². The molecule has 1 aliphatic rings. The quantitative estimate of drug-likeness (QED) is 0.567. The zero-order valence-electron chi connectivity index (χ0n) is 9.09. The Morgan fingerprint density at radius 2 is 2.18 bits per heavy atom. The lowest BCUT2D eigenvalue weighted by atomic mass is 10.0. The summed E-state index contributed by atoms with van der Waals surface area (Å²) in [5.74, 6) is 0. The fraction of sp³-hybridized carbons (Fsp3) is 1.00. The Bertz CT molecular complexity index is 153. The molecular weight excluding hydrogens is 136 g/mol. The highest BCUT2D eigenvalue weighted by atomic mass is 15.2. The highest BCUT2D eigenvalue weighted by molar-refractivity contribution is 4.83. The molecule has 0 bridgehead atoms. The van der Waals surface area contributed by atoms with E-state index in [1.54, 1.807) is 5.31 Å². The van der Waals surface area contributed by atoms with Crippen LogP contribution in [-0.2, 0) is 0 Å². The maximum atomic E-state index is 7.58. The molecule has 1 fully saturated rings. The molecule has 11 heavy (non-hydrogen) atoms. The Kier molecular flexibility index (Phi) is 2.14. The van der Waals surface area contributed by atoms with Gasteiger partial charge in [-0.3, -0.25) is 4.90 Å². The molecule has 0 amide bonds. The van der Waals surface area contributed by atoms with E-state index in [4.69, 9.17) is 1.41 Å². The van der Waals surface area contributed by atoms with Crippen molar-refractivity contribution in [1.82, 2.24) is 10.2 Å². The van der Waals surface area contributed by atoms with E-state index in [1.165, 1.54) is 0 Å². The van der Waals surface area contributed by atoms with Gasteiger partial charge in [0.25, 0.3) is 0 Å². The van der Waals surface area contributed by atoms with Gasteiger partial charge in [0.2, 0.25) is 0 Å². The van der Waals surface area contributed by atoms with Gasteiger partial charge in [-0.05, 0) is 27.7 Å². The van der Waals surface area contributed by atoms with Gasteiger partial charge in [0.15, 0.2) is 0 Å². The van der Waals surface area contributed by atoms with Gasteiger partial charge in [-0.2, -0.15) is 0 Å². The van der Waals surface area contributed by atoms with Crippen LogP contribution in [0.1, 0.15) is 27.7 Å². The predicted octanol–water partition coefficient (Wildman–Crippen LogP) is 1.08. The zero-order chi connectivity index (χ0) is 9.35. The maximum Gasteiger partial charge on any atom is 0.123 e. The SMILES string of the molecule is [3H]N1CCN(C(C)(C)C)C[C@H]1C. The zero-order valence-corrected chi connectivity index (χ0v) is 8.09. The maximum absolute atomic E-state index is 7.58. The Balaban J connectivity index is 2.51. The monoisotopic (exact) mass is 158 g/mol. The third-order valence-corrected chi connectivity index (χ3v) is 2.24. The topological polar surface area (TPSA) is 15.3 Å². The van der Waals surface area contributed by atoms with Gasteiger partial charge in [-0.15, -0.1) is 0 Å². The van der Waals surface area contributed by atoms with Gasteiger partial charge in [-0.25, -0.2) is 0 Å². The van der Waals surface area contributed by atoms with Crippen LogP contribution < -0.4 is 5.31 Å². The second kappa shape index (κ2) is 3.11. The normalized spacial score (nSPS) is 32.0. The van der Waals surface area contributed by atoms with E-state index in [9.17, 15) is 0 Å². The molecule has 0 aliphatic carbocycles. The van der Waals surface area contributed by atoms with Crippen LogP contribution in [0.15, 0.2) is 0 Å². The molecule has 1 rings (SSSR count). The van der Waals surface area contributed by atoms with Crippen molar-refractivity contribution in [3.05, 3.63) is 0 Å². The molecule has 0 aromatic heterocycles. The van der Waals surface area contributed by atoms with Gasteiger partial charge < -0.3 is 5.31 Å². The van der Waals surface area contributed by atoms with E-state index >= 15 is 0 Å². The average molecular weight is 158 g/mol. The third-order valence-electron chi connectivity index (χ3n) is 2.24. The standard InChI is InChI=1S/C9H20N2/c1-8-7-11(6-5-10-8)9(2,3)4/h8,10H,5-7H2,1-4H3/t8-/m1/s1/i/hT. The smallest absolute Gasteiger partial charge is 0.123 e. The molecular formula is C9H20N2. The number of nitrogens with zero attached hydrogens (tertiary/aromatic N) is 1. The molecule has 0 aromatic carbocycles. The molecule has 0 saturated carbocycles. The number of rotatable bonds is 0. The number of hydrogen-bond donors (Lipinski definition) is 1. The molecule has 66 valence electrons. The Labute approximate surface area is 71.4 Å². The highest BCUT2D eigenvalue weighted by Crippen LogP contribution is 2.14. The van der Waals surface area contributed by atoms with E-state index in [-0.39, 0.29) is 5.54 Å². The Morgan fingerprint density at radius 3 is 2.64 bits per heavy atom. The summed E-state index contributed by atoms with van der Waals surface area (Å²) in [6, 6.07) is 0.373. The fourth-order valence-electron chi connectivity index (χ4n) is 1.48.